The van der Waals surface area contributed by atoms with Crippen LogP contribution in [0.25, 0.3) is 0 Å². The molecule has 1 aliphatic rings. The normalized spacial score (nSPS) is 17.6. The summed E-state index contributed by atoms with van der Waals surface area (Å²) in [6.45, 7) is 2.87. The molecule has 20 heavy (non-hydrogen) atoms. The van der Waals surface area contributed by atoms with Crippen molar-refractivity contribution in [2.45, 2.75) is 13.3 Å². The van der Waals surface area contributed by atoms with Gasteiger partial charge in [-0.2, -0.15) is 0 Å². The van der Waals surface area contributed by atoms with Crippen molar-refractivity contribution in [3.05, 3.63) is 53.9 Å². The molecule has 4 nitrogen and oxygen atoms in total. The van der Waals surface area contributed by atoms with E-state index in [4.69, 9.17) is 5.73 Å². The quantitative estimate of drug-likeness (QED) is 0.863. The molecule has 4 heteroatoms. The van der Waals surface area contributed by atoms with Gasteiger partial charge in [-0.05, 0) is 30.0 Å². The van der Waals surface area contributed by atoms with Crippen LogP contribution >= 0.6 is 0 Å². The highest BCUT2D eigenvalue weighted by molar-refractivity contribution is 6.09. The van der Waals surface area contributed by atoms with E-state index >= 15 is 0 Å². The molecule has 1 aromatic carbocycles. The molecule has 1 amide bonds. The first-order valence-corrected chi connectivity index (χ1v) is 6.76. The number of carbonyl (C=O) groups excluding carboxylic acids is 1. The van der Waals surface area contributed by atoms with Crippen LogP contribution in [0.15, 0.2) is 42.7 Å². The Morgan fingerprint density at radius 1 is 1.35 bits per heavy atom. The maximum absolute atomic E-state index is 12.7. The zero-order chi connectivity index (χ0) is 14.1. The third-order valence-corrected chi connectivity index (χ3v) is 3.68. The SMILES string of the molecule is CC1Cc2ccccc2N(C(=O)c2cnccc2N)C1. The fourth-order valence-corrected chi connectivity index (χ4v) is 2.72. The van der Waals surface area contributed by atoms with Gasteiger partial charge in [0.25, 0.3) is 5.91 Å². The van der Waals surface area contributed by atoms with Crippen LogP contribution in [-0.4, -0.2) is 17.4 Å². The summed E-state index contributed by atoms with van der Waals surface area (Å²) in [6, 6.07) is 9.70. The van der Waals surface area contributed by atoms with E-state index in [1.165, 1.54) is 5.56 Å². The first-order valence-electron chi connectivity index (χ1n) is 6.76. The van der Waals surface area contributed by atoms with E-state index in [1.807, 2.05) is 23.1 Å². The van der Waals surface area contributed by atoms with Crippen LogP contribution < -0.4 is 10.6 Å². The standard InChI is InChI=1S/C16H17N3O/c1-11-8-12-4-2-3-5-15(12)19(10-11)16(20)13-9-18-7-6-14(13)17/h2-7,9,11H,8,10H2,1H3,(H2,17,18). The highest BCUT2D eigenvalue weighted by Gasteiger charge is 2.27. The van der Waals surface area contributed by atoms with E-state index < -0.39 is 0 Å². The average Bonchev–Trinajstić information content (AvgIpc) is 2.46. The van der Waals surface area contributed by atoms with Crippen molar-refractivity contribution in [2.75, 3.05) is 17.2 Å². The number of hydrogen-bond acceptors (Lipinski definition) is 3. The molecular formula is C16H17N3O. The monoisotopic (exact) mass is 267 g/mol. The largest absolute Gasteiger partial charge is 0.398 e. The van der Waals surface area contributed by atoms with Gasteiger partial charge >= 0.3 is 0 Å². The van der Waals surface area contributed by atoms with Crippen LogP contribution in [0.5, 0.6) is 0 Å². The number of fused-ring (bicyclic) bond motifs is 1. The molecule has 0 bridgehead atoms. The molecule has 1 unspecified atom stereocenters. The van der Waals surface area contributed by atoms with Crippen molar-refractivity contribution >= 4 is 17.3 Å². The lowest BCUT2D eigenvalue weighted by molar-refractivity contribution is 0.0981. The van der Waals surface area contributed by atoms with Gasteiger partial charge in [-0.15, -0.1) is 0 Å². The summed E-state index contributed by atoms with van der Waals surface area (Å²) >= 11 is 0. The second-order valence-electron chi connectivity index (χ2n) is 5.32. The van der Waals surface area contributed by atoms with Gasteiger partial charge in [0.15, 0.2) is 0 Å². The van der Waals surface area contributed by atoms with Gasteiger partial charge in [0.1, 0.15) is 0 Å². The van der Waals surface area contributed by atoms with Crippen molar-refractivity contribution in [3.8, 4) is 0 Å². The van der Waals surface area contributed by atoms with Gasteiger partial charge in [0, 0.05) is 30.3 Å². The van der Waals surface area contributed by atoms with E-state index in [1.54, 1.807) is 18.5 Å². The fraction of sp³-hybridized carbons (Fsp3) is 0.250. The second kappa shape index (κ2) is 4.96. The topological polar surface area (TPSA) is 59.2 Å². The van der Waals surface area contributed by atoms with Gasteiger partial charge < -0.3 is 10.6 Å². The third-order valence-electron chi connectivity index (χ3n) is 3.68. The first kappa shape index (κ1) is 12.7. The van der Waals surface area contributed by atoms with Gasteiger partial charge in [-0.1, -0.05) is 25.1 Å². The lowest BCUT2D eigenvalue weighted by Gasteiger charge is -2.33. The first-order chi connectivity index (χ1) is 9.66. The molecular weight excluding hydrogens is 250 g/mol. The zero-order valence-electron chi connectivity index (χ0n) is 11.4. The van der Waals surface area contributed by atoms with E-state index in [9.17, 15) is 4.79 Å². The van der Waals surface area contributed by atoms with Crippen molar-refractivity contribution in [1.82, 2.24) is 4.98 Å². The molecule has 2 aromatic rings. The summed E-state index contributed by atoms with van der Waals surface area (Å²) in [5.41, 5.74) is 9.03. The number of nitrogen functional groups attached to an aromatic ring is 1. The molecule has 0 radical (unpaired) electrons. The summed E-state index contributed by atoms with van der Waals surface area (Å²) in [6.07, 6.45) is 4.14. The fourth-order valence-electron chi connectivity index (χ4n) is 2.72. The van der Waals surface area contributed by atoms with Crippen LogP contribution in [-0.2, 0) is 6.42 Å². The molecule has 1 atom stereocenters. The summed E-state index contributed by atoms with van der Waals surface area (Å²) in [5, 5.41) is 0. The number of aromatic nitrogens is 1. The Morgan fingerprint density at radius 2 is 2.15 bits per heavy atom. The summed E-state index contributed by atoms with van der Waals surface area (Å²) < 4.78 is 0. The van der Waals surface area contributed by atoms with Crippen molar-refractivity contribution < 1.29 is 4.79 Å². The van der Waals surface area contributed by atoms with Crippen LogP contribution in [0.2, 0.25) is 0 Å². The number of amides is 1. The molecule has 1 aromatic heterocycles. The van der Waals surface area contributed by atoms with Gasteiger partial charge in [0.2, 0.25) is 0 Å². The van der Waals surface area contributed by atoms with Crippen LogP contribution in [0.1, 0.15) is 22.8 Å². The van der Waals surface area contributed by atoms with Crippen molar-refractivity contribution in [3.63, 3.8) is 0 Å². The number of pyridine rings is 1. The smallest absolute Gasteiger partial charge is 0.261 e. The van der Waals surface area contributed by atoms with E-state index in [0.29, 0.717) is 23.7 Å². The Kier molecular flexibility index (Phi) is 3.14. The Balaban J connectivity index is 2.02. The van der Waals surface area contributed by atoms with E-state index in [2.05, 4.69) is 18.0 Å². The van der Waals surface area contributed by atoms with Crippen molar-refractivity contribution in [2.24, 2.45) is 5.92 Å². The Hall–Kier alpha value is -2.36. The predicted molar refractivity (Wildman–Crippen MR) is 79.6 cm³/mol. The van der Waals surface area contributed by atoms with E-state index in [-0.39, 0.29) is 5.91 Å². The highest BCUT2D eigenvalue weighted by atomic mass is 16.2. The Labute approximate surface area is 118 Å². The van der Waals surface area contributed by atoms with Crippen LogP contribution in [0, 0.1) is 5.92 Å². The lowest BCUT2D eigenvalue weighted by atomic mass is 9.93. The predicted octanol–water partition coefficient (Wildman–Crippen LogP) is 2.50. The van der Waals surface area contributed by atoms with Gasteiger partial charge in [-0.3, -0.25) is 9.78 Å². The minimum atomic E-state index is -0.0744. The van der Waals surface area contributed by atoms with Crippen LogP contribution in [0.4, 0.5) is 11.4 Å². The molecule has 1 aliphatic heterocycles. The molecule has 102 valence electrons. The molecule has 0 saturated heterocycles. The van der Waals surface area contributed by atoms with Crippen LogP contribution in [0.3, 0.4) is 0 Å². The number of nitrogens with zero attached hydrogens (tertiary/aromatic N) is 2. The van der Waals surface area contributed by atoms with Gasteiger partial charge in [-0.25, -0.2) is 0 Å². The maximum atomic E-state index is 12.7. The average molecular weight is 267 g/mol. The summed E-state index contributed by atoms with van der Waals surface area (Å²) in [7, 11) is 0. The number of para-hydroxylation sites is 1. The summed E-state index contributed by atoms with van der Waals surface area (Å²) in [4.78, 5) is 18.6. The zero-order valence-corrected chi connectivity index (χ0v) is 11.4. The second-order valence-corrected chi connectivity index (χ2v) is 5.32. The highest BCUT2D eigenvalue weighted by Crippen LogP contribution is 2.31. The maximum Gasteiger partial charge on any atom is 0.261 e. The number of benzene rings is 1. The number of hydrogen-bond donors (Lipinski definition) is 1. The number of nitrogens with two attached hydrogens (primary N) is 1. The number of anilines is 2. The molecule has 0 spiro atoms. The minimum Gasteiger partial charge on any atom is -0.398 e. The molecule has 2 N–H and O–H groups in total. The molecule has 0 fully saturated rings. The molecule has 0 saturated carbocycles. The molecule has 3 rings (SSSR count). The Morgan fingerprint density at radius 3 is 2.95 bits per heavy atom. The number of rotatable bonds is 1. The molecule has 0 aliphatic carbocycles. The number of carbonyl (C=O) groups is 1. The van der Waals surface area contributed by atoms with Crippen molar-refractivity contribution in [1.29, 1.82) is 0 Å². The lowest BCUT2D eigenvalue weighted by Crippen LogP contribution is -2.39. The minimum absolute atomic E-state index is 0.0744. The van der Waals surface area contributed by atoms with Gasteiger partial charge in [0.05, 0.1) is 5.56 Å². The third kappa shape index (κ3) is 2.13. The Bertz CT molecular complexity index is 654. The summed E-state index contributed by atoms with van der Waals surface area (Å²) in [5.74, 6) is 0.362. The molecule has 2 heterocycles. The van der Waals surface area contributed by atoms with E-state index in [0.717, 1.165) is 12.1 Å².